The second-order valence-electron chi connectivity index (χ2n) is 7.92. The molecule has 5 heterocycles. The van der Waals surface area contributed by atoms with E-state index >= 15 is 0 Å². The van der Waals surface area contributed by atoms with Crippen LogP contribution in [-0.2, 0) is 13.5 Å². The van der Waals surface area contributed by atoms with Gasteiger partial charge >= 0.3 is 0 Å². The van der Waals surface area contributed by atoms with E-state index in [2.05, 4.69) is 30.5 Å². The molecule has 1 fully saturated rings. The molecule has 0 atom stereocenters. The molecular formula is C22H24FN7O. The number of rotatable bonds is 4. The van der Waals surface area contributed by atoms with Gasteiger partial charge in [-0.3, -0.25) is 4.79 Å². The second-order valence-corrected chi connectivity index (χ2v) is 7.92. The molecule has 0 aromatic carbocycles. The third kappa shape index (κ3) is 3.71. The molecule has 2 N–H and O–H groups in total. The maximum absolute atomic E-state index is 14.6. The lowest BCUT2D eigenvalue weighted by molar-refractivity contribution is 0.0945. The first-order chi connectivity index (χ1) is 15.1. The molecule has 1 amide bonds. The summed E-state index contributed by atoms with van der Waals surface area (Å²) >= 11 is 0. The summed E-state index contributed by atoms with van der Waals surface area (Å²) in [6.07, 6.45) is 7.36. The molecule has 0 unspecified atom stereocenters. The first kappa shape index (κ1) is 19.5. The zero-order valence-electron chi connectivity index (χ0n) is 17.4. The van der Waals surface area contributed by atoms with Crippen LogP contribution in [0.25, 0.3) is 11.4 Å². The van der Waals surface area contributed by atoms with Crippen LogP contribution in [0.5, 0.6) is 0 Å². The number of nitrogens with one attached hydrogen (secondary N) is 2. The average Bonchev–Trinajstić information content (AvgIpc) is 3.14. The van der Waals surface area contributed by atoms with Crippen LogP contribution in [0.2, 0.25) is 0 Å². The van der Waals surface area contributed by atoms with Gasteiger partial charge in [0.1, 0.15) is 11.5 Å². The van der Waals surface area contributed by atoms with Crippen LogP contribution in [0, 0.1) is 5.82 Å². The van der Waals surface area contributed by atoms with Crippen LogP contribution < -0.4 is 15.5 Å². The van der Waals surface area contributed by atoms with Gasteiger partial charge in [0, 0.05) is 38.8 Å². The monoisotopic (exact) mass is 421 g/mol. The minimum absolute atomic E-state index is 0.145. The van der Waals surface area contributed by atoms with Gasteiger partial charge in [0.15, 0.2) is 5.82 Å². The van der Waals surface area contributed by atoms with E-state index in [0.717, 1.165) is 30.7 Å². The fourth-order valence-corrected chi connectivity index (χ4v) is 4.28. The van der Waals surface area contributed by atoms with Crippen LogP contribution in [0.15, 0.2) is 30.6 Å². The maximum atomic E-state index is 14.6. The Balaban J connectivity index is 1.40. The van der Waals surface area contributed by atoms with Crippen LogP contribution in [0.3, 0.4) is 0 Å². The number of fused-ring (bicyclic) bond motifs is 1. The third-order valence-corrected chi connectivity index (χ3v) is 5.95. The van der Waals surface area contributed by atoms with E-state index in [4.69, 9.17) is 0 Å². The highest BCUT2D eigenvalue weighted by molar-refractivity contribution is 5.97. The summed E-state index contributed by atoms with van der Waals surface area (Å²) in [4.78, 5) is 27.4. The number of carbonyl (C=O) groups is 1. The van der Waals surface area contributed by atoms with Gasteiger partial charge in [-0.1, -0.05) is 0 Å². The van der Waals surface area contributed by atoms with E-state index in [9.17, 15) is 9.18 Å². The van der Waals surface area contributed by atoms with E-state index in [1.807, 2.05) is 29.9 Å². The fourth-order valence-electron chi connectivity index (χ4n) is 4.28. The smallest absolute Gasteiger partial charge is 0.253 e. The van der Waals surface area contributed by atoms with E-state index < -0.39 is 5.82 Å². The molecule has 160 valence electrons. The molecule has 0 bridgehead atoms. The van der Waals surface area contributed by atoms with Crippen molar-refractivity contribution in [3.63, 3.8) is 0 Å². The number of nitrogens with zero attached hydrogens (tertiary/aromatic N) is 5. The van der Waals surface area contributed by atoms with Crippen LogP contribution in [0.4, 0.5) is 21.8 Å². The van der Waals surface area contributed by atoms with Gasteiger partial charge in [-0.25, -0.2) is 19.3 Å². The highest BCUT2D eigenvalue weighted by atomic mass is 19.1. The molecule has 9 heteroatoms. The molecule has 8 nitrogen and oxygen atoms in total. The Hall–Kier alpha value is -3.49. The minimum Gasteiger partial charge on any atom is -0.370 e. The van der Waals surface area contributed by atoms with Gasteiger partial charge in [-0.05, 0) is 37.5 Å². The molecule has 0 saturated carbocycles. The summed E-state index contributed by atoms with van der Waals surface area (Å²) in [5.41, 5.74) is 3.22. The van der Waals surface area contributed by atoms with Crippen molar-refractivity contribution in [2.75, 3.05) is 29.9 Å². The number of aromatic nitrogens is 4. The number of halogens is 1. The normalized spacial score (nSPS) is 16.1. The highest BCUT2D eigenvalue weighted by Gasteiger charge is 2.25. The lowest BCUT2D eigenvalue weighted by atomic mass is 10.1. The summed E-state index contributed by atoms with van der Waals surface area (Å²) in [7, 11) is 1.82. The van der Waals surface area contributed by atoms with Gasteiger partial charge in [0.25, 0.3) is 5.91 Å². The van der Waals surface area contributed by atoms with E-state index in [0.29, 0.717) is 30.0 Å². The third-order valence-electron chi connectivity index (χ3n) is 5.95. The summed E-state index contributed by atoms with van der Waals surface area (Å²) < 4.78 is 16.4. The molecule has 31 heavy (non-hydrogen) atoms. The Kier molecular flexibility index (Phi) is 5.01. The van der Waals surface area contributed by atoms with Gasteiger partial charge in [-0.15, -0.1) is 0 Å². The first-order valence-electron chi connectivity index (χ1n) is 10.6. The van der Waals surface area contributed by atoms with Crippen molar-refractivity contribution in [2.24, 2.45) is 7.05 Å². The van der Waals surface area contributed by atoms with Crippen molar-refractivity contribution in [1.82, 2.24) is 24.8 Å². The Morgan fingerprint density at radius 3 is 2.71 bits per heavy atom. The Bertz CT molecular complexity index is 1120. The van der Waals surface area contributed by atoms with Gasteiger partial charge in [-0.2, -0.15) is 0 Å². The molecule has 0 aliphatic carbocycles. The van der Waals surface area contributed by atoms with E-state index in [1.165, 1.54) is 19.3 Å². The number of carbonyl (C=O) groups excluding carboxylic acids is 1. The fraction of sp³-hybridized carbons (Fsp3) is 0.364. The molecule has 2 aliphatic rings. The minimum atomic E-state index is -0.544. The van der Waals surface area contributed by atoms with Crippen molar-refractivity contribution < 1.29 is 9.18 Å². The second kappa shape index (κ2) is 7.98. The molecule has 1 saturated heterocycles. The predicted molar refractivity (Wildman–Crippen MR) is 116 cm³/mol. The summed E-state index contributed by atoms with van der Waals surface area (Å²) in [5.74, 6) is 0.147. The number of hydrogen-bond acceptors (Lipinski definition) is 6. The van der Waals surface area contributed by atoms with Crippen molar-refractivity contribution in [3.05, 3.63) is 47.7 Å². The maximum Gasteiger partial charge on any atom is 0.253 e. The van der Waals surface area contributed by atoms with Crippen LogP contribution in [-0.4, -0.2) is 45.1 Å². The lowest BCUT2D eigenvalue weighted by Crippen LogP contribution is -2.31. The average molecular weight is 421 g/mol. The molecule has 5 rings (SSSR count). The molecular weight excluding hydrogens is 397 g/mol. The van der Waals surface area contributed by atoms with Crippen molar-refractivity contribution >= 4 is 23.4 Å². The topological polar surface area (TPSA) is 88.0 Å². The van der Waals surface area contributed by atoms with Gasteiger partial charge in [0.2, 0.25) is 5.95 Å². The van der Waals surface area contributed by atoms with E-state index in [-0.39, 0.29) is 17.5 Å². The Morgan fingerprint density at radius 2 is 1.97 bits per heavy atom. The standard InChI is InChI=1S/C22H24FN7O/c1-29-17-7-8-24-21(31)15(17)11-18(29)20-16(23)13-26-22(28-20)27-19-6-5-14(12-25-19)30-9-3-2-4-10-30/h5-6,11-13H,2-4,7-10H2,1H3,(H,24,31)(H,25,26,27,28). The van der Waals surface area contributed by atoms with Crippen molar-refractivity contribution in [1.29, 1.82) is 0 Å². The molecule has 3 aromatic heterocycles. The quantitative estimate of drug-likeness (QED) is 0.673. The first-order valence-corrected chi connectivity index (χ1v) is 10.6. The number of pyridine rings is 1. The molecule has 2 aliphatic heterocycles. The number of hydrogen-bond donors (Lipinski definition) is 2. The summed E-state index contributed by atoms with van der Waals surface area (Å²) in [6, 6.07) is 5.58. The van der Waals surface area contributed by atoms with Crippen molar-refractivity contribution in [2.45, 2.75) is 25.7 Å². The number of piperidine rings is 1. The Morgan fingerprint density at radius 1 is 1.13 bits per heavy atom. The van der Waals surface area contributed by atoms with E-state index in [1.54, 1.807) is 6.07 Å². The number of anilines is 3. The number of amides is 1. The summed E-state index contributed by atoms with van der Waals surface area (Å²) in [6.45, 7) is 2.68. The van der Waals surface area contributed by atoms with Crippen molar-refractivity contribution in [3.8, 4) is 11.4 Å². The van der Waals surface area contributed by atoms with Gasteiger partial charge < -0.3 is 20.1 Å². The molecule has 3 aromatic rings. The Labute approximate surface area is 179 Å². The van der Waals surface area contributed by atoms with Gasteiger partial charge in [0.05, 0.1) is 29.3 Å². The predicted octanol–water partition coefficient (Wildman–Crippen LogP) is 3.04. The van der Waals surface area contributed by atoms with Crippen LogP contribution >= 0.6 is 0 Å². The largest absolute Gasteiger partial charge is 0.370 e. The zero-order chi connectivity index (χ0) is 21.4. The molecule has 0 radical (unpaired) electrons. The zero-order valence-corrected chi connectivity index (χ0v) is 17.4. The van der Waals surface area contributed by atoms with Crippen LogP contribution in [0.1, 0.15) is 35.3 Å². The molecule has 0 spiro atoms. The summed E-state index contributed by atoms with van der Waals surface area (Å²) in [5, 5.41) is 5.87. The lowest BCUT2D eigenvalue weighted by Gasteiger charge is -2.28. The highest BCUT2D eigenvalue weighted by Crippen LogP contribution is 2.28. The SMILES string of the molecule is Cn1c(-c2nc(Nc3ccc(N4CCCCC4)cn3)ncc2F)cc2c1CCNC2=O.